The molecule has 0 aliphatic carbocycles. The molecule has 2 aromatic carbocycles. The second kappa shape index (κ2) is 18.1. The number of hydrogen-bond acceptors (Lipinski definition) is 16. The number of carbonyl (C=O) groups excluding carboxylic acids is 2. The fourth-order valence-corrected chi connectivity index (χ4v) is 5.42. The van der Waals surface area contributed by atoms with Gasteiger partial charge in [-0.25, -0.2) is 9.59 Å². The molecular formula is C34H46O16. The van der Waals surface area contributed by atoms with Crippen LogP contribution >= 0.6 is 0 Å². The molecule has 0 bridgehead atoms. The predicted octanol–water partition coefficient (Wildman–Crippen LogP) is 0.401. The number of hydrogen-bond donors (Lipinski definition) is 8. The summed E-state index contributed by atoms with van der Waals surface area (Å²) in [6, 6.07) is 8.28. The Morgan fingerprint density at radius 2 is 1.16 bits per heavy atom. The monoisotopic (exact) mass is 710 g/mol. The predicted molar refractivity (Wildman–Crippen MR) is 170 cm³/mol. The molecule has 4 rings (SSSR count). The Morgan fingerprint density at radius 3 is 1.66 bits per heavy atom. The molecule has 2 saturated heterocycles. The zero-order valence-corrected chi connectivity index (χ0v) is 27.7. The molecule has 0 radical (unpaired) electrons. The summed E-state index contributed by atoms with van der Waals surface area (Å²) < 4.78 is 32.5. The summed E-state index contributed by atoms with van der Waals surface area (Å²) in [4.78, 5) is 25.3. The summed E-state index contributed by atoms with van der Waals surface area (Å²) in [6.45, 7) is 2.92. The van der Waals surface area contributed by atoms with Crippen molar-refractivity contribution >= 4 is 11.9 Å². The quantitative estimate of drug-likeness (QED) is 0.0920. The van der Waals surface area contributed by atoms with Gasteiger partial charge in [-0.2, -0.15) is 0 Å². The first-order valence-electron chi connectivity index (χ1n) is 16.5. The largest absolute Gasteiger partial charge is 0.507 e. The van der Waals surface area contributed by atoms with E-state index in [0.29, 0.717) is 17.9 Å². The third-order valence-corrected chi connectivity index (χ3v) is 8.44. The van der Waals surface area contributed by atoms with Gasteiger partial charge in [0, 0.05) is 6.07 Å². The van der Waals surface area contributed by atoms with Gasteiger partial charge in [0.2, 0.25) is 0 Å². The fourth-order valence-electron chi connectivity index (χ4n) is 5.42. The molecule has 2 heterocycles. The first kappa shape index (κ1) is 39.2. The number of aliphatic hydroxyl groups is 6. The van der Waals surface area contributed by atoms with E-state index in [2.05, 4.69) is 6.92 Å². The Balaban J connectivity index is 1.33. The number of phenols is 2. The lowest BCUT2D eigenvalue weighted by Crippen LogP contribution is -2.64. The Hall–Kier alpha value is -3.58. The number of unbranched alkanes of at least 4 members (excludes halogenated alkanes) is 4. The summed E-state index contributed by atoms with van der Waals surface area (Å²) in [5.74, 6) is -2.37. The smallest absolute Gasteiger partial charge is 0.342 e. The average molecular weight is 711 g/mol. The van der Waals surface area contributed by atoms with Crippen LogP contribution in [0.2, 0.25) is 0 Å². The molecule has 0 aromatic heterocycles. The SMILES string of the molecule is CCCCCCCOc1ccc(C(=O)OC[C@H]2O[C@H](O[C@H]3O[C@H](COC(=O)c4ccc(C)cc4O)[C@@H](O)[C@H](O)[C@H]3O)[C@H](O)[C@@H](O)[C@@H]2O)c(O)c1. The van der Waals surface area contributed by atoms with Gasteiger partial charge in [0.15, 0.2) is 12.6 Å². The highest BCUT2D eigenvalue weighted by atomic mass is 16.8. The molecule has 8 N–H and O–H groups in total. The van der Waals surface area contributed by atoms with Crippen LogP contribution in [-0.4, -0.2) is 134 Å². The van der Waals surface area contributed by atoms with Crippen molar-refractivity contribution in [1.29, 1.82) is 0 Å². The molecule has 10 atom stereocenters. The Kier molecular flexibility index (Phi) is 14.2. The van der Waals surface area contributed by atoms with Gasteiger partial charge in [-0.15, -0.1) is 0 Å². The lowest BCUT2D eigenvalue weighted by Gasteiger charge is -2.44. The Morgan fingerprint density at radius 1 is 0.660 bits per heavy atom. The van der Waals surface area contributed by atoms with E-state index >= 15 is 0 Å². The molecule has 0 unspecified atom stereocenters. The summed E-state index contributed by atoms with van der Waals surface area (Å²) in [5, 5.41) is 83.4. The number of rotatable bonds is 15. The van der Waals surface area contributed by atoms with Crippen LogP contribution in [0.25, 0.3) is 0 Å². The summed E-state index contributed by atoms with van der Waals surface area (Å²) in [5.41, 5.74) is 0.303. The lowest BCUT2D eigenvalue weighted by molar-refractivity contribution is -0.376. The third-order valence-electron chi connectivity index (χ3n) is 8.44. The maximum atomic E-state index is 12.8. The highest BCUT2D eigenvalue weighted by Crippen LogP contribution is 2.30. The van der Waals surface area contributed by atoms with Crippen LogP contribution in [0.1, 0.15) is 65.3 Å². The molecule has 2 aromatic rings. The lowest BCUT2D eigenvalue weighted by atomic mass is 9.98. The number of benzene rings is 2. The van der Waals surface area contributed by atoms with Gasteiger partial charge in [-0.3, -0.25) is 0 Å². The minimum Gasteiger partial charge on any atom is -0.507 e. The van der Waals surface area contributed by atoms with Gasteiger partial charge in [0.05, 0.1) is 6.61 Å². The number of phenolic OH excluding ortho intramolecular Hbond substituents is 2. The van der Waals surface area contributed by atoms with Crippen LogP contribution in [0.3, 0.4) is 0 Å². The van der Waals surface area contributed by atoms with E-state index in [0.717, 1.165) is 32.1 Å². The molecule has 0 spiro atoms. The molecule has 0 saturated carbocycles. The third kappa shape index (κ3) is 9.80. The first-order valence-corrected chi connectivity index (χ1v) is 16.5. The molecule has 2 fully saturated rings. The van der Waals surface area contributed by atoms with Crippen LogP contribution < -0.4 is 4.74 Å². The van der Waals surface area contributed by atoms with Gasteiger partial charge in [-0.1, -0.05) is 38.7 Å². The maximum Gasteiger partial charge on any atom is 0.342 e. The maximum absolute atomic E-state index is 12.8. The normalized spacial score (nSPS) is 29.7. The summed E-state index contributed by atoms with van der Waals surface area (Å²) in [7, 11) is 0. The Bertz CT molecular complexity index is 1420. The highest BCUT2D eigenvalue weighted by Gasteiger charge is 2.50. The zero-order valence-electron chi connectivity index (χ0n) is 27.7. The molecule has 16 heteroatoms. The van der Waals surface area contributed by atoms with E-state index in [4.69, 9.17) is 28.4 Å². The number of aromatic hydroxyl groups is 2. The molecule has 2 aliphatic rings. The fraction of sp³-hybridized carbons (Fsp3) is 0.588. The molecule has 0 amide bonds. The van der Waals surface area contributed by atoms with Crippen molar-refractivity contribution in [3.05, 3.63) is 53.1 Å². The first-order chi connectivity index (χ1) is 23.8. The Labute approximate surface area is 288 Å². The highest BCUT2D eigenvalue weighted by molar-refractivity contribution is 5.93. The van der Waals surface area contributed by atoms with Crippen molar-refractivity contribution in [2.45, 2.75) is 107 Å². The van der Waals surface area contributed by atoms with Gasteiger partial charge < -0.3 is 69.3 Å². The van der Waals surface area contributed by atoms with Crippen LogP contribution in [0.4, 0.5) is 0 Å². The van der Waals surface area contributed by atoms with E-state index in [1.165, 1.54) is 30.3 Å². The number of aliphatic hydroxyl groups excluding tert-OH is 6. The van der Waals surface area contributed by atoms with E-state index in [1.54, 1.807) is 13.0 Å². The second-order valence-corrected chi connectivity index (χ2v) is 12.3. The van der Waals surface area contributed by atoms with Crippen molar-refractivity contribution in [2.24, 2.45) is 0 Å². The summed E-state index contributed by atoms with van der Waals surface area (Å²) >= 11 is 0. The van der Waals surface area contributed by atoms with E-state index in [-0.39, 0.29) is 16.9 Å². The summed E-state index contributed by atoms with van der Waals surface area (Å²) in [6.07, 6.45) is -12.6. The second-order valence-electron chi connectivity index (χ2n) is 12.3. The van der Waals surface area contributed by atoms with Crippen LogP contribution in [0.5, 0.6) is 17.2 Å². The van der Waals surface area contributed by atoms with Crippen molar-refractivity contribution in [3.63, 3.8) is 0 Å². The van der Waals surface area contributed by atoms with Crippen molar-refractivity contribution in [1.82, 2.24) is 0 Å². The molecule has 16 nitrogen and oxygen atoms in total. The van der Waals surface area contributed by atoms with Crippen molar-refractivity contribution in [3.8, 4) is 17.2 Å². The topological polar surface area (TPSA) is 251 Å². The number of aryl methyl sites for hydroxylation is 1. The van der Waals surface area contributed by atoms with Gasteiger partial charge in [0.25, 0.3) is 0 Å². The molecular weight excluding hydrogens is 664 g/mol. The van der Waals surface area contributed by atoms with Gasteiger partial charge in [-0.05, 0) is 43.2 Å². The van der Waals surface area contributed by atoms with E-state index < -0.39 is 92.3 Å². The van der Waals surface area contributed by atoms with Crippen molar-refractivity contribution < 1.29 is 78.9 Å². The average Bonchev–Trinajstić information content (AvgIpc) is 3.08. The number of ether oxygens (including phenoxy) is 6. The van der Waals surface area contributed by atoms with E-state index in [9.17, 15) is 50.4 Å². The molecule has 278 valence electrons. The molecule has 50 heavy (non-hydrogen) atoms. The standard InChI is InChI=1S/C34H46O16/c1-3-4-5-6-7-12-45-18-9-11-20(22(36)14-18)32(44)47-16-24-26(38)28(40)30(42)34(49-24)50-33-29(41)27(39)25(37)23(48-33)15-46-31(43)19-10-8-17(2)13-21(19)35/h8-11,13-14,23-30,33-42H,3-7,12,15-16H2,1-2H3/t23-,24-,25-,26-,27+,28+,29-,30-,33-,34-/m1/s1. The molecule has 2 aliphatic heterocycles. The van der Waals surface area contributed by atoms with Gasteiger partial charge in [0.1, 0.15) is 90.4 Å². The minimum absolute atomic E-state index is 0.169. The number of esters is 2. The minimum atomic E-state index is -1.93. The zero-order chi connectivity index (χ0) is 36.5. The van der Waals surface area contributed by atoms with Crippen molar-refractivity contribution in [2.75, 3.05) is 19.8 Å². The van der Waals surface area contributed by atoms with Crippen LogP contribution in [-0.2, 0) is 23.7 Å². The van der Waals surface area contributed by atoms with E-state index in [1.807, 2.05) is 0 Å². The number of carbonyl (C=O) groups is 2. The van der Waals surface area contributed by atoms with Gasteiger partial charge >= 0.3 is 11.9 Å². The van der Waals surface area contributed by atoms with Crippen LogP contribution in [0.15, 0.2) is 36.4 Å². The van der Waals surface area contributed by atoms with Crippen LogP contribution in [0, 0.1) is 6.92 Å².